The zero-order valence-corrected chi connectivity index (χ0v) is 14.2. The Labute approximate surface area is 149 Å². The maximum absolute atomic E-state index is 12.6. The summed E-state index contributed by atoms with van der Waals surface area (Å²) in [7, 11) is 0. The fourth-order valence-electron chi connectivity index (χ4n) is 3.43. The summed E-state index contributed by atoms with van der Waals surface area (Å²) in [6.45, 7) is 2.38. The molecule has 26 heavy (non-hydrogen) atoms. The largest absolute Gasteiger partial charge is 0.389 e. The molecule has 0 bridgehead atoms. The maximum Gasteiger partial charge on any atom is 0.257 e. The molecule has 0 radical (unpaired) electrons. The molecule has 3 aromatic heterocycles. The van der Waals surface area contributed by atoms with E-state index in [-0.39, 0.29) is 12.1 Å². The van der Waals surface area contributed by atoms with Gasteiger partial charge in [-0.2, -0.15) is 5.26 Å². The van der Waals surface area contributed by atoms with E-state index < -0.39 is 6.10 Å². The second kappa shape index (κ2) is 6.17. The first-order chi connectivity index (χ1) is 12.6. The van der Waals surface area contributed by atoms with Crippen molar-refractivity contribution in [2.24, 2.45) is 0 Å². The molecular weight excluding hydrogens is 330 g/mol. The monoisotopic (exact) mass is 347 g/mol. The van der Waals surface area contributed by atoms with Gasteiger partial charge in [-0.1, -0.05) is 12.1 Å². The molecule has 1 N–H and O–H groups in total. The molecule has 7 nitrogen and oxygen atoms in total. The summed E-state index contributed by atoms with van der Waals surface area (Å²) in [5, 5.41) is 20.2. The topological polar surface area (TPSA) is 88.2 Å². The molecule has 0 aliphatic heterocycles. The number of aliphatic hydroxyl groups is 1. The maximum atomic E-state index is 12.6. The van der Waals surface area contributed by atoms with Crippen molar-refractivity contribution in [3.05, 3.63) is 70.5 Å². The fraction of sp³-hybridized carbons (Fsp3) is 0.211. The van der Waals surface area contributed by atoms with Gasteiger partial charge in [0.15, 0.2) is 0 Å². The molecule has 4 rings (SSSR count). The molecular formula is C19H17N5O2. The first-order valence-electron chi connectivity index (χ1n) is 8.27. The highest BCUT2D eigenvalue weighted by atomic mass is 16.3. The van der Waals surface area contributed by atoms with E-state index >= 15 is 0 Å². The van der Waals surface area contributed by atoms with E-state index in [0.717, 1.165) is 11.0 Å². The van der Waals surface area contributed by atoms with Crippen LogP contribution in [0.25, 0.3) is 16.7 Å². The van der Waals surface area contributed by atoms with Gasteiger partial charge in [-0.25, -0.2) is 4.98 Å². The van der Waals surface area contributed by atoms with Crippen LogP contribution >= 0.6 is 0 Å². The van der Waals surface area contributed by atoms with Gasteiger partial charge in [0, 0.05) is 18.5 Å². The van der Waals surface area contributed by atoms with Crippen molar-refractivity contribution in [3.8, 4) is 6.07 Å². The highest BCUT2D eigenvalue weighted by Crippen LogP contribution is 2.24. The van der Waals surface area contributed by atoms with Crippen LogP contribution in [0.3, 0.4) is 0 Å². The van der Waals surface area contributed by atoms with E-state index in [4.69, 9.17) is 0 Å². The van der Waals surface area contributed by atoms with Gasteiger partial charge in [0.05, 0.1) is 42.1 Å². The molecule has 0 spiro atoms. The molecule has 0 unspecified atom stereocenters. The van der Waals surface area contributed by atoms with Crippen LogP contribution in [0.2, 0.25) is 0 Å². The molecule has 0 saturated carbocycles. The Kier molecular flexibility index (Phi) is 3.82. The molecule has 3 heterocycles. The van der Waals surface area contributed by atoms with Gasteiger partial charge in [0.2, 0.25) is 0 Å². The Balaban J connectivity index is 1.94. The summed E-state index contributed by atoms with van der Waals surface area (Å²) in [6, 6.07) is 11.2. The van der Waals surface area contributed by atoms with E-state index in [1.54, 1.807) is 34.6 Å². The smallest absolute Gasteiger partial charge is 0.257 e. The van der Waals surface area contributed by atoms with Crippen LogP contribution in [0.5, 0.6) is 0 Å². The zero-order chi connectivity index (χ0) is 18.3. The lowest BCUT2D eigenvalue weighted by Crippen LogP contribution is -2.23. The summed E-state index contributed by atoms with van der Waals surface area (Å²) >= 11 is 0. The number of nitriles is 1. The van der Waals surface area contributed by atoms with Crippen molar-refractivity contribution < 1.29 is 5.11 Å². The van der Waals surface area contributed by atoms with E-state index in [2.05, 4.69) is 11.1 Å². The molecule has 130 valence electrons. The minimum atomic E-state index is -0.703. The number of aliphatic hydroxyl groups excluding tert-OH is 1. The molecule has 0 fully saturated rings. The van der Waals surface area contributed by atoms with Gasteiger partial charge in [0.25, 0.3) is 5.56 Å². The standard InChI is InChI=1S/C19H17N5O2/c1-13-8-18(26)24-17-5-3-2-4-16(17)23(19(24)15(13)9-20)11-14(25)10-22-7-6-21-12-22/h2-8,12,14,25H,10-11H2,1H3/t14-/m0/s1. The Bertz CT molecular complexity index is 1190. The number of para-hydroxylation sites is 2. The lowest BCUT2D eigenvalue weighted by atomic mass is 10.1. The van der Waals surface area contributed by atoms with E-state index in [9.17, 15) is 15.2 Å². The third-order valence-electron chi connectivity index (χ3n) is 4.55. The first-order valence-corrected chi connectivity index (χ1v) is 8.27. The van der Waals surface area contributed by atoms with Crippen LogP contribution in [0.15, 0.2) is 53.8 Å². The first kappa shape index (κ1) is 16.1. The van der Waals surface area contributed by atoms with Gasteiger partial charge >= 0.3 is 0 Å². The molecule has 7 heteroatoms. The van der Waals surface area contributed by atoms with Gasteiger partial charge in [-0.3, -0.25) is 9.20 Å². The number of fused-ring (bicyclic) bond motifs is 3. The van der Waals surface area contributed by atoms with Crippen LogP contribution in [0.4, 0.5) is 0 Å². The number of aromatic nitrogens is 4. The van der Waals surface area contributed by atoms with E-state index in [1.807, 2.05) is 28.8 Å². The highest BCUT2D eigenvalue weighted by molar-refractivity contribution is 5.84. The average Bonchev–Trinajstić information content (AvgIpc) is 3.22. The Morgan fingerprint density at radius 3 is 2.73 bits per heavy atom. The summed E-state index contributed by atoms with van der Waals surface area (Å²) in [5.41, 5.74) is 2.93. The molecule has 1 atom stereocenters. The number of hydrogen-bond donors (Lipinski definition) is 1. The van der Waals surface area contributed by atoms with E-state index in [0.29, 0.717) is 23.3 Å². The van der Waals surface area contributed by atoms with Crippen molar-refractivity contribution in [3.63, 3.8) is 0 Å². The van der Waals surface area contributed by atoms with Crippen LogP contribution in [0, 0.1) is 18.3 Å². The van der Waals surface area contributed by atoms with Crippen LogP contribution in [-0.4, -0.2) is 29.7 Å². The lowest BCUT2D eigenvalue weighted by Gasteiger charge is -2.14. The Hall–Kier alpha value is -3.37. The third kappa shape index (κ3) is 2.48. The number of rotatable bonds is 4. The minimum Gasteiger partial charge on any atom is -0.389 e. The number of benzene rings is 1. The van der Waals surface area contributed by atoms with Crippen LogP contribution in [-0.2, 0) is 13.1 Å². The summed E-state index contributed by atoms with van der Waals surface area (Å²) in [5.74, 6) is 0. The van der Waals surface area contributed by atoms with Crippen molar-refractivity contribution in [1.82, 2.24) is 18.5 Å². The Morgan fingerprint density at radius 2 is 2.04 bits per heavy atom. The zero-order valence-electron chi connectivity index (χ0n) is 14.2. The Morgan fingerprint density at radius 1 is 1.27 bits per heavy atom. The predicted octanol–water partition coefficient (Wildman–Crippen LogP) is 1.69. The van der Waals surface area contributed by atoms with E-state index in [1.165, 1.54) is 6.07 Å². The lowest BCUT2D eigenvalue weighted by molar-refractivity contribution is 0.137. The van der Waals surface area contributed by atoms with Gasteiger partial charge in [-0.15, -0.1) is 0 Å². The number of aryl methyl sites for hydroxylation is 1. The second-order valence-electron chi connectivity index (χ2n) is 6.32. The molecule has 4 aromatic rings. The van der Waals surface area contributed by atoms with Crippen LogP contribution in [0.1, 0.15) is 11.1 Å². The second-order valence-corrected chi connectivity index (χ2v) is 6.32. The van der Waals surface area contributed by atoms with Crippen molar-refractivity contribution >= 4 is 16.7 Å². The average molecular weight is 347 g/mol. The van der Waals surface area contributed by atoms with Crippen molar-refractivity contribution in [1.29, 1.82) is 5.26 Å². The number of pyridine rings is 1. The van der Waals surface area contributed by atoms with Crippen molar-refractivity contribution in [2.45, 2.75) is 26.1 Å². The van der Waals surface area contributed by atoms with Gasteiger partial charge in [-0.05, 0) is 24.6 Å². The third-order valence-corrected chi connectivity index (χ3v) is 4.55. The fourth-order valence-corrected chi connectivity index (χ4v) is 3.43. The number of hydrogen-bond acceptors (Lipinski definition) is 4. The van der Waals surface area contributed by atoms with Gasteiger partial charge in [0.1, 0.15) is 11.7 Å². The summed E-state index contributed by atoms with van der Waals surface area (Å²) < 4.78 is 5.19. The van der Waals surface area contributed by atoms with Crippen LogP contribution < -0.4 is 5.56 Å². The SMILES string of the molecule is Cc1cc(=O)n2c3ccccc3n(C[C@@H](O)Cn3ccnc3)c2c1C#N. The van der Waals surface area contributed by atoms with Gasteiger partial charge < -0.3 is 14.2 Å². The normalized spacial score (nSPS) is 12.5. The highest BCUT2D eigenvalue weighted by Gasteiger charge is 2.19. The molecule has 1 aromatic carbocycles. The number of imidazole rings is 2. The molecule has 0 aliphatic carbocycles. The molecule has 0 amide bonds. The summed E-state index contributed by atoms with van der Waals surface area (Å²) in [6.07, 6.45) is 4.38. The molecule has 0 saturated heterocycles. The minimum absolute atomic E-state index is 0.185. The molecule has 0 aliphatic rings. The van der Waals surface area contributed by atoms with Crippen molar-refractivity contribution in [2.75, 3.05) is 0 Å². The number of nitrogens with zero attached hydrogens (tertiary/aromatic N) is 5. The quantitative estimate of drug-likeness (QED) is 0.608. The predicted molar refractivity (Wildman–Crippen MR) is 96.8 cm³/mol. The summed E-state index contributed by atoms with van der Waals surface area (Å²) in [4.78, 5) is 16.6.